The normalized spacial score (nSPS) is 11.2. The van der Waals surface area contributed by atoms with Gasteiger partial charge in [-0.2, -0.15) is 0 Å². The van der Waals surface area contributed by atoms with Crippen LogP contribution < -0.4 is 10.6 Å². The second-order valence-corrected chi connectivity index (χ2v) is 6.43. The van der Waals surface area contributed by atoms with Gasteiger partial charge in [0.2, 0.25) is 0 Å². The lowest BCUT2D eigenvalue weighted by atomic mass is 10.1. The summed E-state index contributed by atoms with van der Waals surface area (Å²) in [6.45, 7) is 2.89. The van der Waals surface area contributed by atoms with E-state index in [-0.39, 0.29) is 24.0 Å². The number of nitrogens with one attached hydrogen (secondary N) is 3. The Labute approximate surface area is 184 Å². The number of para-hydroxylation sites is 1. The lowest BCUT2D eigenvalue weighted by molar-refractivity contribution is 0.125. The fraction of sp³-hybridized carbons (Fsp3) is 0.318. The van der Waals surface area contributed by atoms with E-state index in [1.807, 2.05) is 18.2 Å². The lowest BCUT2D eigenvalue weighted by Gasteiger charge is -2.12. The van der Waals surface area contributed by atoms with Gasteiger partial charge in [-0.15, -0.1) is 24.0 Å². The zero-order valence-electron chi connectivity index (χ0n) is 16.3. The number of aromatic nitrogens is 1. The second kappa shape index (κ2) is 12.4. The summed E-state index contributed by atoms with van der Waals surface area (Å²) in [4.78, 5) is 7.59. The van der Waals surface area contributed by atoms with Crippen molar-refractivity contribution in [3.8, 4) is 0 Å². The molecule has 0 radical (unpaired) electrons. The highest BCUT2D eigenvalue weighted by molar-refractivity contribution is 14.0. The van der Waals surface area contributed by atoms with Gasteiger partial charge < -0.3 is 20.4 Å². The smallest absolute Gasteiger partial charge is 0.191 e. The molecule has 1 aromatic heterocycles. The summed E-state index contributed by atoms with van der Waals surface area (Å²) in [7, 11) is 1.79. The number of halogens is 1. The quantitative estimate of drug-likeness (QED) is 0.183. The Morgan fingerprint density at radius 3 is 2.57 bits per heavy atom. The molecule has 2 aromatic carbocycles. The van der Waals surface area contributed by atoms with Gasteiger partial charge in [0, 0.05) is 37.2 Å². The third kappa shape index (κ3) is 6.83. The molecule has 0 atom stereocenters. The van der Waals surface area contributed by atoms with Crippen LogP contribution in [0.1, 0.15) is 17.5 Å². The predicted octanol–water partition coefficient (Wildman–Crippen LogP) is 4.10. The standard InChI is InChI=1S/C22H28N4O.HI/c1-23-22(25-14-15-27-17-18-8-3-2-4-9-18)24-13-7-10-19-16-26-21-12-6-5-11-20(19)21;/h2-6,8-9,11-12,16,26H,7,10,13-15,17H2,1H3,(H2,23,24,25);1H. The van der Waals surface area contributed by atoms with Crippen molar-refractivity contribution in [3.63, 3.8) is 0 Å². The van der Waals surface area contributed by atoms with Crippen LogP contribution in [0.4, 0.5) is 0 Å². The topological polar surface area (TPSA) is 61.4 Å². The van der Waals surface area contributed by atoms with Crippen molar-refractivity contribution >= 4 is 40.8 Å². The van der Waals surface area contributed by atoms with Crippen molar-refractivity contribution in [3.05, 3.63) is 71.9 Å². The molecule has 0 unspecified atom stereocenters. The molecule has 0 aliphatic carbocycles. The molecule has 3 aromatic rings. The van der Waals surface area contributed by atoms with Crippen molar-refractivity contribution < 1.29 is 4.74 Å². The van der Waals surface area contributed by atoms with Crippen LogP contribution in [0, 0.1) is 0 Å². The van der Waals surface area contributed by atoms with E-state index in [9.17, 15) is 0 Å². The number of H-pyrrole nitrogens is 1. The minimum absolute atomic E-state index is 0. The number of nitrogens with zero attached hydrogens (tertiary/aromatic N) is 1. The maximum absolute atomic E-state index is 5.68. The summed E-state index contributed by atoms with van der Waals surface area (Å²) in [6, 6.07) is 18.6. The van der Waals surface area contributed by atoms with Crippen LogP contribution >= 0.6 is 24.0 Å². The average molecular weight is 492 g/mol. The van der Waals surface area contributed by atoms with Crippen molar-refractivity contribution in [1.82, 2.24) is 15.6 Å². The zero-order valence-corrected chi connectivity index (χ0v) is 18.6. The van der Waals surface area contributed by atoms with Gasteiger partial charge in [-0.3, -0.25) is 4.99 Å². The van der Waals surface area contributed by atoms with Gasteiger partial charge in [-0.1, -0.05) is 48.5 Å². The van der Waals surface area contributed by atoms with Crippen LogP contribution in [0.3, 0.4) is 0 Å². The van der Waals surface area contributed by atoms with Crippen LogP contribution in [0.2, 0.25) is 0 Å². The highest BCUT2D eigenvalue weighted by Crippen LogP contribution is 2.18. The largest absolute Gasteiger partial charge is 0.375 e. The molecule has 0 aliphatic heterocycles. The van der Waals surface area contributed by atoms with Gasteiger partial charge in [0.15, 0.2) is 5.96 Å². The molecule has 5 nitrogen and oxygen atoms in total. The maximum Gasteiger partial charge on any atom is 0.191 e. The molecule has 28 heavy (non-hydrogen) atoms. The number of aryl methyl sites for hydroxylation is 1. The lowest BCUT2D eigenvalue weighted by Crippen LogP contribution is -2.39. The first-order chi connectivity index (χ1) is 13.4. The first-order valence-corrected chi connectivity index (χ1v) is 9.48. The van der Waals surface area contributed by atoms with Gasteiger partial charge in [0.1, 0.15) is 0 Å². The SMILES string of the molecule is CN=C(NCCCc1c[nH]c2ccccc12)NCCOCc1ccccc1.I. The number of ether oxygens (including phenoxy) is 1. The molecule has 3 rings (SSSR count). The van der Waals surface area contributed by atoms with Crippen LogP contribution in [-0.4, -0.2) is 37.7 Å². The van der Waals surface area contributed by atoms with E-state index in [4.69, 9.17) is 4.74 Å². The Morgan fingerprint density at radius 1 is 1.00 bits per heavy atom. The molecular weight excluding hydrogens is 463 g/mol. The minimum atomic E-state index is 0. The summed E-state index contributed by atoms with van der Waals surface area (Å²) >= 11 is 0. The first-order valence-electron chi connectivity index (χ1n) is 9.48. The number of guanidine groups is 1. The third-order valence-electron chi connectivity index (χ3n) is 4.46. The van der Waals surface area contributed by atoms with E-state index >= 15 is 0 Å². The van der Waals surface area contributed by atoms with Gasteiger partial charge in [0.25, 0.3) is 0 Å². The highest BCUT2D eigenvalue weighted by Gasteiger charge is 2.03. The van der Waals surface area contributed by atoms with E-state index in [2.05, 4.69) is 63.2 Å². The molecule has 150 valence electrons. The Kier molecular flexibility index (Phi) is 9.85. The zero-order chi connectivity index (χ0) is 18.7. The Hall–Kier alpha value is -2.06. The summed E-state index contributed by atoms with van der Waals surface area (Å²) in [5, 5.41) is 7.96. The minimum Gasteiger partial charge on any atom is -0.375 e. The maximum atomic E-state index is 5.68. The monoisotopic (exact) mass is 492 g/mol. The van der Waals surface area contributed by atoms with E-state index in [0.29, 0.717) is 13.2 Å². The Morgan fingerprint density at radius 2 is 1.75 bits per heavy atom. The first kappa shape index (κ1) is 22.2. The Bertz CT molecular complexity index is 848. The van der Waals surface area contributed by atoms with Gasteiger partial charge in [0.05, 0.1) is 13.2 Å². The summed E-state index contributed by atoms with van der Waals surface area (Å²) in [6.07, 6.45) is 4.20. The number of aliphatic imine (C=N–C) groups is 1. The van der Waals surface area contributed by atoms with Crippen LogP contribution in [0.15, 0.2) is 65.8 Å². The molecule has 0 spiro atoms. The van der Waals surface area contributed by atoms with Crippen molar-refractivity contribution in [2.24, 2.45) is 4.99 Å². The fourth-order valence-corrected chi connectivity index (χ4v) is 3.05. The number of aromatic amines is 1. The predicted molar refractivity (Wildman–Crippen MR) is 127 cm³/mol. The fourth-order valence-electron chi connectivity index (χ4n) is 3.05. The molecule has 0 amide bonds. The van der Waals surface area contributed by atoms with Crippen LogP contribution in [0.5, 0.6) is 0 Å². The number of benzene rings is 2. The molecule has 1 heterocycles. The molecule has 6 heteroatoms. The molecule has 0 saturated carbocycles. The summed E-state index contributed by atoms with van der Waals surface area (Å²) < 4.78 is 5.68. The molecule has 0 aliphatic rings. The van der Waals surface area contributed by atoms with Gasteiger partial charge in [-0.05, 0) is 30.0 Å². The number of rotatable bonds is 9. The molecule has 0 saturated heterocycles. The van der Waals surface area contributed by atoms with E-state index < -0.39 is 0 Å². The van der Waals surface area contributed by atoms with Crippen LogP contribution in [-0.2, 0) is 17.8 Å². The van der Waals surface area contributed by atoms with Crippen molar-refractivity contribution in [1.29, 1.82) is 0 Å². The molecule has 0 fully saturated rings. The van der Waals surface area contributed by atoms with Crippen LogP contribution in [0.25, 0.3) is 10.9 Å². The van der Waals surface area contributed by atoms with Crippen molar-refractivity contribution in [2.75, 3.05) is 26.7 Å². The second-order valence-electron chi connectivity index (χ2n) is 6.43. The molecule has 0 bridgehead atoms. The number of hydrogen-bond acceptors (Lipinski definition) is 2. The highest BCUT2D eigenvalue weighted by atomic mass is 127. The average Bonchev–Trinajstić information content (AvgIpc) is 3.13. The summed E-state index contributed by atoms with van der Waals surface area (Å²) in [5.74, 6) is 0.817. The molecular formula is C22H29IN4O. The Balaban J connectivity index is 0.00000280. The van der Waals surface area contributed by atoms with E-state index in [1.165, 1.54) is 22.0 Å². The van der Waals surface area contributed by atoms with Gasteiger partial charge in [-0.25, -0.2) is 0 Å². The summed E-state index contributed by atoms with van der Waals surface area (Å²) in [5.41, 5.74) is 3.76. The number of fused-ring (bicyclic) bond motifs is 1. The third-order valence-corrected chi connectivity index (χ3v) is 4.46. The van der Waals surface area contributed by atoms with Gasteiger partial charge >= 0.3 is 0 Å². The van der Waals surface area contributed by atoms with Crippen molar-refractivity contribution in [2.45, 2.75) is 19.4 Å². The van der Waals surface area contributed by atoms with E-state index in [1.54, 1.807) is 7.05 Å². The number of hydrogen-bond donors (Lipinski definition) is 3. The van der Waals surface area contributed by atoms with E-state index in [0.717, 1.165) is 31.9 Å². The molecule has 3 N–H and O–H groups in total.